The maximum absolute atomic E-state index is 14.0. The number of amides is 3. The Morgan fingerprint density at radius 1 is 0.973 bits per heavy atom. The number of nitrogens with one attached hydrogen (secondary N) is 1. The molecule has 7 heteroatoms. The van der Waals surface area contributed by atoms with Crippen molar-refractivity contribution >= 4 is 11.9 Å². The summed E-state index contributed by atoms with van der Waals surface area (Å²) in [6, 6.07) is 23.5. The Kier molecular flexibility index (Phi) is 7.51. The van der Waals surface area contributed by atoms with Crippen LogP contribution in [0.5, 0.6) is 5.75 Å². The van der Waals surface area contributed by atoms with Gasteiger partial charge in [-0.15, -0.1) is 0 Å². The van der Waals surface area contributed by atoms with Crippen molar-refractivity contribution in [2.75, 3.05) is 26.7 Å². The molecule has 1 aromatic heterocycles. The highest BCUT2D eigenvalue weighted by molar-refractivity contribution is 6.07. The number of imide groups is 1. The minimum absolute atomic E-state index is 0.0536. The Morgan fingerprint density at radius 2 is 1.70 bits per heavy atom. The molecule has 192 valence electrons. The zero-order valence-corrected chi connectivity index (χ0v) is 21.3. The number of methoxy groups -OCH3 is 1. The van der Waals surface area contributed by atoms with E-state index in [9.17, 15) is 9.59 Å². The topological polar surface area (TPSA) is 74.8 Å². The van der Waals surface area contributed by atoms with Gasteiger partial charge in [-0.05, 0) is 55.6 Å². The summed E-state index contributed by atoms with van der Waals surface area (Å²) >= 11 is 0. The highest BCUT2D eigenvalue weighted by atomic mass is 16.5. The van der Waals surface area contributed by atoms with E-state index in [0.717, 1.165) is 55.0 Å². The van der Waals surface area contributed by atoms with E-state index in [1.165, 1.54) is 4.90 Å². The van der Waals surface area contributed by atoms with E-state index in [4.69, 9.17) is 4.74 Å². The van der Waals surface area contributed by atoms with Crippen LogP contribution in [-0.4, -0.2) is 59.0 Å². The molecule has 0 saturated carbocycles. The maximum atomic E-state index is 14.0. The molecule has 1 N–H and O–H groups in total. The smallest absolute Gasteiger partial charge is 0.325 e. The molecule has 0 spiro atoms. The SMILES string of the molecule is COc1ccccc1CN1CCC(C2(Cc3ccccc3)NC(=O)N(CCc3ccccn3)C2=O)CC1. The highest BCUT2D eigenvalue weighted by Gasteiger charge is 2.55. The van der Waals surface area contributed by atoms with Crippen molar-refractivity contribution in [3.63, 3.8) is 0 Å². The van der Waals surface area contributed by atoms with Crippen LogP contribution in [-0.2, 0) is 24.2 Å². The molecular weight excluding hydrogens is 464 g/mol. The van der Waals surface area contributed by atoms with E-state index in [0.29, 0.717) is 19.4 Å². The van der Waals surface area contributed by atoms with E-state index >= 15 is 0 Å². The molecule has 2 aliphatic rings. The number of para-hydroxylation sites is 1. The largest absolute Gasteiger partial charge is 0.496 e. The van der Waals surface area contributed by atoms with E-state index in [1.54, 1.807) is 13.3 Å². The Morgan fingerprint density at radius 3 is 2.43 bits per heavy atom. The summed E-state index contributed by atoms with van der Waals surface area (Å²) in [6.07, 6.45) is 4.44. The highest BCUT2D eigenvalue weighted by Crippen LogP contribution is 2.37. The van der Waals surface area contributed by atoms with Gasteiger partial charge in [-0.1, -0.05) is 54.6 Å². The van der Waals surface area contributed by atoms with Crippen molar-refractivity contribution in [2.24, 2.45) is 5.92 Å². The van der Waals surface area contributed by atoms with Crippen LogP contribution in [0.1, 0.15) is 29.7 Å². The Balaban J connectivity index is 1.33. The average molecular weight is 499 g/mol. The van der Waals surface area contributed by atoms with Gasteiger partial charge >= 0.3 is 6.03 Å². The number of piperidine rings is 1. The normalized spacial score (nSPS) is 20.7. The fourth-order valence-corrected chi connectivity index (χ4v) is 5.74. The first kappa shape index (κ1) is 25.0. The number of aromatic nitrogens is 1. The lowest BCUT2D eigenvalue weighted by molar-refractivity contribution is -0.134. The predicted octanol–water partition coefficient (Wildman–Crippen LogP) is 4.08. The molecule has 5 rings (SSSR count). The summed E-state index contributed by atoms with van der Waals surface area (Å²) < 4.78 is 5.54. The second kappa shape index (κ2) is 11.1. The summed E-state index contributed by atoms with van der Waals surface area (Å²) in [7, 11) is 1.70. The van der Waals surface area contributed by atoms with Gasteiger partial charge < -0.3 is 10.1 Å². The van der Waals surface area contributed by atoms with Gasteiger partial charge in [0.15, 0.2) is 0 Å². The molecule has 2 aliphatic heterocycles. The summed E-state index contributed by atoms with van der Waals surface area (Å²) in [5.41, 5.74) is 2.15. The quantitative estimate of drug-likeness (QED) is 0.450. The van der Waals surface area contributed by atoms with E-state index in [1.807, 2.05) is 66.7 Å². The molecule has 2 saturated heterocycles. The second-order valence-electron chi connectivity index (χ2n) is 9.95. The third-order valence-corrected chi connectivity index (χ3v) is 7.72. The zero-order chi connectivity index (χ0) is 25.7. The van der Waals surface area contributed by atoms with Crippen molar-refractivity contribution in [1.82, 2.24) is 20.1 Å². The van der Waals surface area contributed by atoms with Gasteiger partial charge in [0, 0.05) is 43.4 Å². The van der Waals surface area contributed by atoms with Gasteiger partial charge in [-0.3, -0.25) is 19.6 Å². The molecule has 0 bridgehead atoms. The lowest BCUT2D eigenvalue weighted by Gasteiger charge is -2.41. The van der Waals surface area contributed by atoms with Crippen molar-refractivity contribution in [2.45, 2.75) is 37.8 Å². The van der Waals surface area contributed by atoms with Gasteiger partial charge in [0.1, 0.15) is 11.3 Å². The van der Waals surface area contributed by atoms with Gasteiger partial charge in [0.2, 0.25) is 0 Å². The van der Waals surface area contributed by atoms with E-state index in [-0.39, 0.29) is 17.9 Å². The number of rotatable bonds is 9. The van der Waals surface area contributed by atoms with Crippen LogP contribution in [0, 0.1) is 5.92 Å². The number of ether oxygens (including phenoxy) is 1. The third-order valence-electron chi connectivity index (χ3n) is 7.72. The van der Waals surface area contributed by atoms with Crippen LogP contribution in [0.15, 0.2) is 79.0 Å². The molecule has 37 heavy (non-hydrogen) atoms. The minimum Gasteiger partial charge on any atom is -0.496 e. The first-order chi connectivity index (χ1) is 18.1. The van der Waals surface area contributed by atoms with Crippen molar-refractivity contribution in [1.29, 1.82) is 0 Å². The number of nitrogens with zero attached hydrogens (tertiary/aromatic N) is 3. The molecule has 0 aliphatic carbocycles. The predicted molar refractivity (Wildman–Crippen MR) is 142 cm³/mol. The summed E-state index contributed by atoms with van der Waals surface area (Å²) in [5, 5.41) is 3.18. The van der Waals surface area contributed by atoms with Crippen LogP contribution < -0.4 is 10.1 Å². The average Bonchev–Trinajstić information content (AvgIpc) is 3.18. The van der Waals surface area contributed by atoms with Gasteiger partial charge in [-0.25, -0.2) is 4.79 Å². The second-order valence-corrected chi connectivity index (χ2v) is 9.95. The van der Waals surface area contributed by atoms with Crippen LogP contribution in [0.25, 0.3) is 0 Å². The number of carbonyl (C=O) groups excluding carboxylic acids is 2. The molecule has 0 radical (unpaired) electrons. The Bertz CT molecular complexity index is 1210. The molecule has 7 nitrogen and oxygen atoms in total. The van der Waals surface area contributed by atoms with Gasteiger partial charge in [0.25, 0.3) is 5.91 Å². The van der Waals surface area contributed by atoms with Crippen LogP contribution in [0.3, 0.4) is 0 Å². The number of carbonyl (C=O) groups is 2. The van der Waals surface area contributed by atoms with Crippen LogP contribution in [0.2, 0.25) is 0 Å². The van der Waals surface area contributed by atoms with Crippen molar-refractivity contribution < 1.29 is 14.3 Å². The number of hydrogen-bond donors (Lipinski definition) is 1. The third kappa shape index (κ3) is 5.37. The Hall–Kier alpha value is -3.71. The maximum Gasteiger partial charge on any atom is 0.325 e. The number of hydrogen-bond acceptors (Lipinski definition) is 5. The first-order valence-electron chi connectivity index (χ1n) is 13.0. The zero-order valence-electron chi connectivity index (χ0n) is 21.3. The molecular formula is C30H34N4O3. The summed E-state index contributed by atoms with van der Waals surface area (Å²) in [4.78, 5) is 35.4. The van der Waals surface area contributed by atoms with E-state index < -0.39 is 5.54 Å². The summed E-state index contributed by atoms with van der Waals surface area (Å²) in [6.45, 7) is 2.84. The fourth-order valence-electron chi connectivity index (χ4n) is 5.74. The van der Waals surface area contributed by atoms with Gasteiger partial charge in [-0.2, -0.15) is 0 Å². The number of pyridine rings is 1. The lowest BCUT2D eigenvalue weighted by atomic mass is 9.74. The van der Waals surface area contributed by atoms with Crippen LogP contribution in [0.4, 0.5) is 4.79 Å². The number of likely N-dealkylation sites (tertiary alicyclic amines) is 1. The number of urea groups is 1. The molecule has 2 aromatic carbocycles. The van der Waals surface area contributed by atoms with Crippen LogP contribution >= 0.6 is 0 Å². The molecule has 3 amide bonds. The van der Waals surface area contributed by atoms with Gasteiger partial charge in [0.05, 0.1) is 7.11 Å². The minimum atomic E-state index is -0.931. The fraction of sp³-hybridized carbons (Fsp3) is 0.367. The summed E-state index contributed by atoms with van der Waals surface area (Å²) in [5.74, 6) is 0.838. The molecule has 1 atom stereocenters. The van der Waals surface area contributed by atoms with E-state index in [2.05, 4.69) is 21.3 Å². The molecule has 2 fully saturated rings. The monoisotopic (exact) mass is 498 g/mol. The molecule has 3 heterocycles. The van der Waals surface area contributed by atoms with Crippen molar-refractivity contribution in [3.8, 4) is 5.75 Å². The molecule has 3 aromatic rings. The first-order valence-corrected chi connectivity index (χ1v) is 13.0. The number of benzene rings is 2. The molecule has 1 unspecified atom stereocenters. The lowest BCUT2D eigenvalue weighted by Crippen LogP contribution is -2.57. The standard InChI is InChI=1S/C30H34N4O3/c1-37-27-13-6-5-11-24(27)22-33-18-14-25(15-19-33)30(21-23-9-3-2-4-10-23)28(35)34(29(36)32-30)20-16-26-12-7-8-17-31-26/h2-13,17,25H,14-16,18-22H2,1H3,(H,32,36). The van der Waals surface area contributed by atoms with Crippen molar-refractivity contribution in [3.05, 3.63) is 95.8 Å². The Labute approximate surface area is 218 Å².